The van der Waals surface area contributed by atoms with Gasteiger partial charge in [0.05, 0.1) is 6.61 Å². The summed E-state index contributed by atoms with van der Waals surface area (Å²) >= 11 is 0. The van der Waals surface area contributed by atoms with Crippen molar-refractivity contribution in [1.29, 1.82) is 0 Å². The molecule has 0 fully saturated rings. The van der Waals surface area contributed by atoms with Gasteiger partial charge in [0, 0.05) is 18.1 Å². The van der Waals surface area contributed by atoms with Crippen LogP contribution in [0.25, 0.3) is 0 Å². The maximum atomic E-state index is 11.5. The average molecular weight is 192 g/mol. The molecule has 4 nitrogen and oxygen atoms in total. The van der Waals surface area contributed by atoms with Crippen LogP contribution < -0.4 is 0 Å². The Hall–Kier alpha value is -0.600. The van der Waals surface area contributed by atoms with Crippen molar-refractivity contribution in [2.45, 2.75) is 13.8 Å². The van der Waals surface area contributed by atoms with E-state index in [4.69, 9.17) is 9.63 Å². The molecule has 5 heteroatoms. The Bertz CT molecular complexity index is 221. The van der Waals surface area contributed by atoms with Crippen molar-refractivity contribution in [3.63, 3.8) is 0 Å². The normalized spacial score (nSPS) is 16.2. The summed E-state index contributed by atoms with van der Waals surface area (Å²) in [7, 11) is -2.82. The highest BCUT2D eigenvalue weighted by molar-refractivity contribution is 7.62. The minimum absolute atomic E-state index is 0.324. The smallest absolute Gasteiger partial charge is 0.328 e. The van der Waals surface area contributed by atoms with Gasteiger partial charge in [0.25, 0.3) is 0 Å². The summed E-state index contributed by atoms with van der Waals surface area (Å²) < 4.78 is 16.4. The lowest BCUT2D eigenvalue weighted by molar-refractivity contribution is -0.131. The van der Waals surface area contributed by atoms with Crippen LogP contribution >= 0.6 is 7.37 Å². The molecule has 12 heavy (non-hydrogen) atoms. The molecule has 0 rings (SSSR count). The van der Waals surface area contributed by atoms with Crippen molar-refractivity contribution < 1.29 is 19.0 Å². The first-order valence-corrected chi connectivity index (χ1v) is 5.57. The molecule has 1 atom stereocenters. The second kappa shape index (κ2) is 5.12. The first-order chi connectivity index (χ1) is 5.54. The highest BCUT2D eigenvalue weighted by Gasteiger charge is 2.15. The molecule has 0 aromatic carbocycles. The molecule has 0 aromatic rings. The zero-order valence-electron chi connectivity index (χ0n) is 7.19. The summed E-state index contributed by atoms with van der Waals surface area (Å²) in [6, 6.07) is 0. The van der Waals surface area contributed by atoms with Gasteiger partial charge in [0.15, 0.2) is 0 Å². The largest absolute Gasteiger partial charge is 0.478 e. The molecule has 70 valence electrons. The molecule has 0 saturated heterocycles. The van der Waals surface area contributed by atoms with Gasteiger partial charge in [-0.25, -0.2) is 4.79 Å². The van der Waals surface area contributed by atoms with Crippen LogP contribution in [0.2, 0.25) is 0 Å². The summed E-state index contributed by atoms with van der Waals surface area (Å²) in [5, 5.41) is 8.28. The van der Waals surface area contributed by atoms with E-state index >= 15 is 0 Å². The number of hydrogen-bond donors (Lipinski definition) is 1. The van der Waals surface area contributed by atoms with Crippen LogP contribution in [-0.2, 0) is 13.9 Å². The van der Waals surface area contributed by atoms with Gasteiger partial charge in [-0.1, -0.05) is 6.92 Å². The second-order valence-corrected chi connectivity index (χ2v) is 4.76. The maximum Gasteiger partial charge on any atom is 0.328 e. The third-order valence-corrected chi connectivity index (χ3v) is 3.41. The van der Waals surface area contributed by atoms with E-state index < -0.39 is 13.3 Å². The SMILES string of the molecule is CCO[P@](=O)(/C=C/C(=O)O)CC. The number of hydrogen-bond acceptors (Lipinski definition) is 3. The second-order valence-electron chi connectivity index (χ2n) is 2.11. The Labute approximate surface area is 71.7 Å². The van der Waals surface area contributed by atoms with Gasteiger partial charge in [-0.05, 0) is 6.92 Å². The minimum atomic E-state index is -2.82. The van der Waals surface area contributed by atoms with Crippen molar-refractivity contribution in [2.75, 3.05) is 12.8 Å². The summed E-state index contributed by atoms with van der Waals surface area (Å²) in [6.07, 6.45) is 1.19. The lowest BCUT2D eigenvalue weighted by Gasteiger charge is -2.09. The molecule has 0 aromatic heterocycles. The summed E-state index contributed by atoms with van der Waals surface area (Å²) in [6.45, 7) is 3.74. The van der Waals surface area contributed by atoms with E-state index in [-0.39, 0.29) is 0 Å². The number of carbonyl (C=O) groups is 1. The van der Waals surface area contributed by atoms with Crippen LogP contribution in [0, 0.1) is 0 Å². The number of aliphatic carboxylic acids is 1. The lowest BCUT2D eigenvalue weighted by atomic mass is 10.7. The lowest BCUT2D eigenvalue weighted by Crippen LogP contribution is -1.92. The van der Waals surface area contributed by atoms with Crippen LogP contribution in [0.4, 0.5) is 0 Å². The average Bonchev–Trinajstić information content (AvgIpc) is 2.02. The van der Waals surface area contributed by atoms with Crippen molar-refractivity contribution >= 4 is 13.3 Å². The summed E-state index contributed by atoms with van der Waals surface area (Å²) in [4.78, 5) is 10.1. The van der Waals surface area contributed by atoms with Gasteiger partial charge >= 0.3 is 5.97 Å². The van der Waals surface area contributed by atoms with Gasteiger partial charge in [-0.15, -0.1) is 0 Å². The van der Waals surface area contributed by atoms with Crippen LogP contribution in [0.3, 0.4) is 0 Å². The van der Waals surface area contributed by atoms with Crippen LogP contribution in [-0.4, -0.2) is 23.8 Å². The molecule has 0 aliphatic rings. The number of carboxylic acid groups (broad SMARTS) is 1. The quantitative estimate of drug-likeness (QED) is 0.533. The zero-order chi connectivity index (χ0) is 9.61. The molecule has 0 amide bonds. The van der Waals surface area contributed by atoms with Gasteiger partial charge in [0.2, 0.25) is 7.37 Å². The van der Waals surface area contributed by atoms with Crippen LogP contribution in [0.1, 0.15) is 13.8 Å². The Morgan fingerprint density at radius 1 is 1.58 bits per heavy atom. The Kier molecular flexibility index (Phi) is 4.86. The Balaban J connectivity index is 4.33. The predicted octanol–water partition coefficient (Wildman–Crippen LogP) is 1.92. The van der Waals surface area contributed by atoms with E-state index in [0.29, 0.717) is 12.8 Å². The van der Waals surface area contributed by atoms with Crippen LogP contribution in [0.15, 0.2) is 11.9 Å². The molecule has 0 heterocycles. The van der Waals surface area contributed by atoms with Crippen molar-refractivity contribution in [3.05, 3.63) is 11.9 Å². The molecular formula is C7H13O4P. The van der Waals surface area contributed by atoms with E-state index in [1.54, 1.807) is 13.8 Å². The molecule has 0 radical (unpaired) electrons. The van der Waals surface area contributed by atoms with Gasteiger partial charge < -0.3 is 9.63 Å². The standard InChI is InChI=1S/C7H13O4P/c1-3-11-12(10,4-2)6-5-7(8)9/h5-6H,3-4H2,1-2H3,(H,8,9)/b6-5+/t12-/m0/s1. The summed E-state index contributed by atoms with van der Waals surface area (Å²) in [5.41, 5.74) is 0. The monoisotopic (exact) mass is 192 g/mol. The molecule has 0 unspecified atom stereocenters. The topological polar surface area (TPSA) is 63.6 Å². The molecule has 0 saturated carbocycles. The fourth-order valence-electron chi connectivity index (χ4n) is 0.636. The van der Waals surface area contributed by atoms with Gasteiger partial charge in [0.1, 0.15) is 0 Å². The van der Waals surface area contributed by atoms with Crippen molar-refractivity contribution in [1.82, 2.24) is 0 Å². The number of carboxylic acids is 1. The molecular weight excluding hydrogens is 179 g/mol. The fraction of sp³-hybridized carbons (Fsp3) is 0.571. The van der Waals surface area contributed by atoms with E-state index in [1.165, 1.54) is 0 Å². The number of rotatable bonds is 5. The van der Waals surface area contributed by atoms with Gasteiger partial charge in [-0.3, -0.25) is 4.57 Å². The van der Waals surface area contributed by atoms with Gasteiger partial charge in [-0.2, -0.15) is 0 Å². The fourth-order valence-corrected chi connectivity index (χ4v) is 1.91. The van der Waals surface area contributed by atoms with E-state index in [1.807, 2.05) is 0 Å². The first kappa shape index (κ1) is 11.4. The van der Waals surface area contributed by atoms with Crippen molar-refractivity contribution in [2.24, 2.45) is 0 Å². The van der Waals surface area contributed by atoms with Crippen LogP contribution in [0.5, 0.6) is 0 Å². The Morgan fingerprint density at radius 3 is 2.50 bits per heavy atom. The molecule has 1 N–H and O–H groups in total. The zero-order valence-corrected chi connectivity index (χ0v) is 8.08. The van der Waals surface area contributed by atoms with E-state index in [9.17, 15) is 9.36 Å². The molecule has 0 spiro atoms. The molecule has 0 bridgehead atoms. The highest BCUT2D eigenvalue weighted by Crippen LogP contribution is 2.47. The highest BCUT2D eigenvalue weighted by atomic mass is 31.2. The maximum absolute atomic E-state index is 11.5. The Morgan fingerprint density at radius 2 is 2.17 bits per heavy atom. The summed E-state index contributed by atoms with van der Waals surface area (Å²) in [5.74, 6) is 0.0297. The van der Waals surface area contributed by atoms with Crippen molar-refractivity contribution in [3.8, 4) is 0 Å². The van der Waals surface area contributed by atoms with E-state index in [2.05, 4.69) is 0 Å². The third kappa shape index (κ3) is 4.31. The molecule has 0 aliphatic heterocycles. The first-order valence-electron chi connectivity index (χ1n) is 3.69. The third-order valence-electron chi connectivity index (χ3n) is 1.23. The minimum Gasteiger partial charge on any atom is -0.478 e. The predicted molar refractivity (Wildman–Crippen MR) is 46.5 cm³/mol. The van der Waals surface area contributed by atoms with E-state index in [0.717, 1.165) is 11.9 Å². The molecule has 0 aliphatic carbocycles.